The molecule has 0 aliphatic heterocycles. The molecule has 146 valence electrons. The zero-order valence-electron chi connectivity index (χ0n) is 14.7. The van der Waals surface area contributed by atoms with Gasteiger partial charge in [0.1, 0.15) is 5.65 Å². The number of fused-ring (bicyclic) bond motifs is 1. The van der Waals surface area contributed by atoms with E-state index in [1.54, 1.807) is 6.07 Å². The summed E-state index contributed by atoms with van der Waals surface area (Å²) in [6.07, 6.45) is 1.89. The summed E-state index contributed by atoms with van der Waals surface area (Å²) in [6.45, 7) is 0. The lowest BCUT2D eigenvalue weighted by atomic mass is 9.97. The molecule has 0 atom stereocenters. The van der Waals surface area contributed by atoms with Gasteiger partial charge in [0, 0.05) is 46.4 Å². The minimum atomic E-state index is -4.65. The summed E-state index contributed by atoms with van der Waals surface area (Å²) < 4.78 is 40.2. The van der Waals surface area contributed by atoms with Crippen molar-refractivity contribution in [3.8, 4) is 6.07 Å². The molecular weight excluding hydrogens is 403 g/mol. The first-order chi connectivity index (χ1) is 13.8. The predicted octanol–water partition coefficient (Wildman–Crippen LogP) is 5.68. The molecule has 0 saturated carbocycles. The Hall–Kier alpha value is -3.44. The minimum absolute atomic E-state index is 0.0804. The number of benzene rings is 1. The molecule has 3 rings (SSSR count). The molecule has 3 aromatic rings. The van der Waals surface area contributed by atoms with Crippen LogP contribution >= 0.6 is 11.6 Å². The van der Waals surface area contributed by atoms with Crippen LogP contribution in [0, 0.1) is 22.1 Å². The van der Waals surface area contributed by atoms with Crippen molar-refractivity contribution >= 4 is 46.7 Å². The standard InChI is InChI=1S/C20H13ClF3N5/c21-15-1-2-18(20(22,23)24)16(5-15)11(6-25)3-13-10-29-19-17(13)4-12(9-28-19)14(7-26)8-27/h1-5,7-10,14,26-27H,(H,28,29)/b11-3-,26-7?,27-8?. The Balaban J connectivity index is 2.19. The van der Waals surface area contributed by atoms with Crippen LogP contribution in [0.15, 0.2) is 36.7 Å². The van der Waals surface area contributed by atoms with Crippen molar-refractivity contribution < 1.29 is 13.2 Å². The van der Waals surface area contributed by atoms with Gasteiger partial charge >= 0.3 is 6.18 Å². The first kappa shape index (κ1) is 20.3. The maximum absolute atomic E-state index is 13.4. The minimum Gasteiger partial charge on any atom is -0.346 e. The fourth-order valence-electron chi connectivity index (χ4n) is 2.89. The normalized spacial score (nSPS) is 13.1. The van der Waals surface area contributed by atoms with Crippen LogP contribution in [0.1, 0.15) is 28.2 Å². The molecule has 0 unspecified atom stereocenters. The van der Waals surface area contributed by atoms with E-state index in [1.165, 1.54) is 18.5 Å². The molecule has 0 amide bonds. The van der Waals surface area contributed by atoms with Crippen LogP contribution in [0.3, 0.4) is 0 Å². The van der Waals surface area contributed by atoms with Crippen LogP contribution in [0.2, 0.25) is 5.02 Å². The summed E-state index contributed by atoms with van der Waals surface area (Å²) in [5.74, 6) is -0.571. The lowest BCUT2D eigenvalue weighted by molar-refractivity contribution is -0.137. The van der Waals surface area contributed by atoms with E-state index in [-0.39, 0.29) is 16.2 Å². The summed E-state index contributed by atoms with van der Waals surface area (Å²) in [5, 5.41) is 25.0. The molecule has 0 saturated heterocycles. The quantitative estimate of drug-likeness (QED) is 0.368. The Labute approximate surface area is 168 Å². The van der Waals surface area contributed by atoms with E-state index in [1.807, 2.05) is 6.07 Å². The smallest absolute Gasteiger partial charge is 0.346 e. The van der Waals surface area contributed by atoms with E-state index >= 15 is 0 Å². The largest absolute Gasteiger partial charge is 0.417 e. The summed E-state index contributed by atoms with van der Waals surface area (Å²) in [6, 6.07) is 6.58. The highest BCUT2D eigenvalue weighted by atomic mass is 35.5. The molecule has 0 fully saturated rings. The molecular formula is C20H13ClF3N5. The van der Waals surface area contributed by atoms with Gasteiger partial charge < -0.3 is 15.8 Å². The number of allylic oxidation sites excluding steroid dienone is 1. The van der Waals surface area contributed by atoms with Crippen molar-refractivity contribution in [1.82, 2.24) is 9.97 Å². The lowest BCUT2D eigenvalue weighted by Gasteiger charge is -2.12. The molecule has 0 aliphatic rings. The molecule has 0 aliphatic carbocycles. The molecule has 1 aromatic carbocycles. The highest BCUT2D eigenvalue weighted by Crippen LogP contribution is 2.37. The van der Waals surface area contributed by atoms with Crippen LogP contribution in [-0.4, -0.2) is 22.4 Å². The molecule has 0 bridgehead atoms. The van der Waals surface area contributed by atoms with Gasteiger partial charge in [-0.15, -0.1) is 0 Å². The SMILES string of the molecule is N#C/C(=C/c1c[nH]c2ncc(C(C=N)C=N)cc12)c1cc(Cl)ccc1C(F)(F)F. The Kier molecular flexibility index (Phi) is 5.52. The number of hydrogen-bond donors (Lipinski definition) is 3. The molecule has 2 aromatic heterocycles. The third-order valence-corrected chi connectivity index (χ3v) is 4.56. The Bertz CT molecular complexity index is 1160. The van der Waals surface area contributed by atoms with Crippen molar-refractivity contribution in [3.63, 3.8) is 0 Å². The van der Waals surface area contributed by atoms with Crippen LogP contribution in [0.4, 0.5) is 13.2 Å². The van der Waals surface area contributed by atoms with Gasteiger partial charge in [-0.1, -0.05) is 11.6 Å². The highest BCUT2D eigenvalue weighted by Gasteiger charge is 2.34. The maximum atomic E-state index is 13.4. The number of H-pyrrole nitrogens is 1. The number of nitriles is 1. The summed E-state index contributed by atoms with van der Waals surface area (Å²) in [5.41, 5.74) is 0.0143. The number of halogens is 4. The fraction of sp³-hybridized carbons (Fsp3) is 0.100. The number of alkyl halides is 3. The number of nitrogens with zero attached hydrogens (tertiary/aromatic N) is 2. The van der Waals surface area contributed by atoms with E-state index < -0.39 is 17.7 Å². The van der Waals surface area contributed by atoms with Crippen molar-refractivity contribution in [2.24, 2.45) is 0 Å². The number of rotatable bonds is 5. The molecule has 0 spiro atoms. The second-order valence-electron chi connectivity index (χ2n) is 6.13. The molecule has 2 heterocycles. The van der Waals surface area contributed by atoms with Crippen molar-refractivity contribution in [2.45, 2.75) is 12.1 Å². The third-order valence-electron chi connectivity index (χ3n) is 4.33. The van der Waals surface area contributed by atoms with Gasteiger partial charge in [0.15, 0.2) is 0 Å². The summed E-state index contributed by atoms with van der Waals surface area (Å²) in [4.78, 5) is 7.12. The van der Waals surface area contributed by atoms with E-state index in [0.717, 1.165) is 30.6 Å². The molecule has 3 N–H and O–H groups in total. The van der Waals surface area contributed by atoms with Gasteiger partial charge in [0.05, 0.1) is 23.1 Å². The Morgan fingerprint density at radius 3 is 2.59 bits per heavy atom. The average Bonchev–Trinajstić information content (AvgIpc) is 3.08. The van der Waals surface area contributed by atoms with Gasteiger partial charge in [-0.05, 0) is 35.9 Å². The summed E-state index contributed by atoms with van der Waals surface area (Å²) in [7, 11) is 0. The Morgan fingerprint density at radius 1 is 1.24 bits per heavy atom. The maximum Gasteiger partial charge on any atom is 0.417 e. The van der Waals surface area contributed by atoms with Gasteiger partial charge in [-0.3, -0.25) is 0 Å². The van der Waals surface area contributed by atoms with Crippen molar-refractivity contribution in [2.75, 3.05) is 0 Å². The second kappa shape index (κ2) is 7.89. The average molecular weight is 416 g/mol. The Morgan fingerprint density at radius 2 is 1.97 bits per heavy atom. The van der Waals surface area contributed by atoms with Gasteiger partial charge in [-0.2, -0.15) is 18.4 Å². The van der Waals surface area contributed by atoms with Crippen molar-refractivity contribution in [1.29, 1.82) is 16.1 Å². The number of nitrogens with one attached hydrogen (secondary N) is 3. The molecule has 29 heavy (non-hydrogen) atoms. The van der Waals surface area contributed by atoms with Gasteiger partial charge in [0.2, 0.25) is 0 Å². The first-order valence-corrected chi connectivity index (χ1v) is 8.63. The number of aromatic nitrogens is 2. The lowest BCUT2D eigenvalue weighted by Crippen LogP contribution is -2.08. The topological polar surface area (TPSA) is 100 Å². The number of hydrogen-bond acceptors (Lipinski definition) is 4. The summed E-state index contributed by atoms with van der Waals surface area (Å²) >= 11 is 5.87. The van der Waals surface area contributed by atoms with E-state index in [4.69, 9.17) is 22.4 Å². The molecule has 0 radical (unpaired) electrons. The van der Waals surface area contributed by atoms with Crippen LogP contribution < -0.4 is 0 Å². The van der Waals surface area contributed by atoms with Gasteiger partial charge in [0.25, 0.3) is 0 Å². The number of pyridine rings is 1. The zero-order chi connectivity index (χ0) is 21.2. The number of aromatic amines is 1. The highest BCUT2D eigenvalue weighted by molar-refractivity contribution is 6.30. The van der Waals surface area contributed by atoms with E-state index in [0.29, 0.717) is 22.2 Å². The first-order valence-electron chi connectivity index (χ1n) is 8.25. The van der Waals surface area contributed by atoms with E-state index in [2.05, 4.69) is 9.97 Å². The van der Waals surface area contributed by atoms with Crippen molar-refractivity contribution in [3.05, 3.63) is 63.9 Å². The molecule has 5 nitrogen and oxygen atoms in total. The third kappa shape index (κ3) is 4.05. The fourth-order valence-corrected chi connectivity index (χ4v) is 3.07. The monoisotopic (exact) mass is 415 g/mol. The van der Waals surface area contributed by atoms with E-state index in [9.17, 15) is 18.4 Å². The van der Waals surface area contributed by atoms with Gasteiger partial charge in [-0.25, -0.2) is 4.98 Å². The zero-order valence-corrected chi connectivity index (χ0v) is 15.4. The predicted molar refractivity (Wildman–Crippen MR) is 106 cm³/mol. The second-order valence-corrected chi connectivity index (χ2v) is 6.56. The van der Waals surface area contributed by atoms with Crippen LogP contribution in [-0.2, 0) is 6.18 Å². The van der Waals surface area contributed by atoms with Crippen LogP contribution in [0.25, 0.3) is 22.7 Å². The molecule has 9 heteroatoms. The van der Waals surface area contributed by atoms with Crippen LogP contribution in [0.5, 0.6) is 0 Å².